The third-order valence-electron chi connectivity index (χ3n) is 7.66. The van der Waals surface area contributed by atoms with Gasteiger partial charge in [-0.05, 0) is 85.8 Å². The van der Waals surface area contributed by atoms with Gasteiger partial charge in [0.15, 0.2) is 5.69 Å². The molecule has 6 rings (SSSR count). The Balaban J connectivity index is 1.64. The lowest BCUT2D eigenvalue weighted by Crippen LogP contribution is -2.48. The summed E-state index contributed by atoms with van der Waals surface area (Å²) in [5.41, 5.74) is 10.4. The van der Waals surface area contributed by atoms with Crippen molar-refractivity contribution < 1.29 is 9.53 Å². The van der Waals surface area contributed by atoms with Crippen molar-refractivity contribution in [3.05, 3.63) is 46.8 Å². The second kappa shape index (κ2) is 6.38. The molecule has 1 aromatic heterocycles. The van der Waals surface area contributed by atoms with Crippen molar-refractivity contribution in [1.82, 2.24) is 4.57 Å². The van der Waals surface area contributed by atoms with E-state index >= 15 is 0 Å². The summed E-state index contributed by atoms with van der Waals surface area (Å²) in [7, 11) is 1.34. The Kier molecular flexibility index (Phi) is 4.03. The molecule has 2 N–H and O–H groups in total. The van der Waals surface area contributed by atoms with Crippen molar-refractivity contribution in [3.63, 3.8) is 0 Å². The Morgan fingerprint density at radius 1 is 1.21 bits per heavy atom. The van der Waals surface area contributed by atoms with Crippen molar-refractivity contribution >= 4 is 11.7 Å². The van der Waals surface area contributed by atoms with Gasteiger partial charge in [0, 0.05) is 11.9 Å². The molecule has 0 aliphatic heterocycles. The number of hydrogen-bond donors (Lipinski definition) is 1. The number of methoxy groups -OCH3 is 1. The molecule has 5 heteroatoms. The number of aryl methyl sites for hydroxylation is 1. The fourth-order valence-electron chi connectivity index (χ4n) is 6.77. The van der Waals surface area contributed by atoms with Gasteiger partial charge in [-0.25, -0.2) is 4.79 Å². The normalized spacial score (nSPS) is 29.6. The van der Waals surface area contributed by atoms with E-state index in [1.165, 1.54) is 51.2 Å². The lowest BCUT2D eigenvalue weighted by atomic mass is 9.48. The summed E-state index contributed by atoms with van der Waals surface area (Å²) in [6, 6.07) is 8.75. The smallest absolute Gasteiger partial charge is 0.357 e. The van der Waals surface area contributed by atoms with Gasteiger partial charge in [0.25, 0.3) is 0 Å². The number of ether oxygens (including phenoxy) is 1. The quantitative estimate of drug-likeness (QED) is 0.784. The second-order valence-corrected chi connectivity index (χ2v) is 9.48. The summed E-state index contributed by atoms with van der Waals surface area (Å²) >= 11 is 0. The van der Waals surface area contributed by atoms with Crippen molar-refractivity contribution in [2.45, 2.75) is 50.9 Å². The van der Waals surface area contributed by atoms with Crippen LogP contribution in [0.2, 0.25) is 0 Å². The van der Waals surface area contributed by atoms with Gasteiger partial charge in [-0.3, -0.25) is 0 Å². The maximum Gasteiger partial charge on any atom is 0.357 e. The number of nitriles is 1. The number of carbonyl (C=O) groups is 1. The van der Waals surface area contributed by atoms with Crippen molar-refractivity contribution in [2.75, 3.05) is 12.8 Å². The van der Waals surface area contributed by atoms with Gasteiger partial charge in [-0.15, -0.1) is 0 Å². The molecule has 5 nitrogen and oxygen atoms in total. The molecule has 29 heavy (non-hydrogen) atoms. The first kappa shape index (κ1) is 18.3. The zero-order valence-corrected chi connectivity index (χ0v) is 17.1. The van der Waals surface area contributed by atoms with Crippen molar-refractivity contribution in [2.24, 2.45) is 17.8 Å². The standard InChI is InChI=1S/C24H27N3O2/c1-14-3-4-19(24-9-15-5-16(10-24)7-17(6-15)11-24)8-20(14)27-13-18(12-25)21(26)22(27)23(28)29-2/h3-4,8,13,15-17H,5-7,9-11,26H2,1-2H3. The summed E-state index contributed by atoms with van der Waals surface area (Å²) < 4.78 is 6.71. The van der Waals surface area contributed by atoms with Crippen LogP contribution >= 0.6 is 0 Å². The van der Waals surface area contributed by atoms with Crippen LogP contribution in [0.1, 0.15) is 65.7 Å². The minimum absolute atomic E-state index is 0.180. The van der Waals surface area contributed by atoms with E-state index in [0.29, 0.717) is 5.56 Å². The molecule has 1 heterocycles. The molecule has 0 unspecified atom stereocenters. The van der Waals surface area contributed by atoms with E-state index < -0.39 is 5.97 Å². The van der Waals surface area contributed by atoms with E-state index in [-0.39, 0.29) is 16.8 Å². The average molecular weight is 389 g/mol. The Morgan fingerprint density at radius 2 is 1.83 bits per heavy atom. The molecule has 0 radical (unpaired) electrons. The largest absolute Gasteiger partial charge is 0.464 e. The van der Waals surface area contributed by atoms with E-state index in [4.69, 9.17) is 10.5 Å². The van der Waals surface area contributed by atoms with Gasteiger partial charge in [0.1, 0.15) is 6.07 Å². The number of esters is 1. The minimum atomic E-state index is -0.524. The molecular formula is C24H27N3O2. The Labute approximate surface area is 171 Å². The van der Waals surface area contributed by atoms with Crippen LogP contribution in [0.3, 0.4) is 0 Å². The molecule has 4 aliphatic rings. The number of benzene rings is 1. The summed E-state index contributed by atoms with van der Waals surface area (Å²) in [4.78, 5) is 12.4. The van der Waals surface area contributed by atoms with Crippen LogP contribution in [0.4, 0.5) is 5.69 Å². The van der Waals surface area contributed by atoms with Gasteiger partial charge in [-0.1, -0.05) is 12.1 Å². The molecule has 2 aromatic rings. The average Bonchev–Trinajstić information content (AvgIpc) is 3.02. The number of nitrogens with two attached hydrogens (primary N) is 1. The lowest BCUT2D eigenvalue weighted by Gasteiger charge is -2.57. The number of nitrogens with zero attached hydrogens (tertiary/aromatic N) is 2. The Bertz CT molecular complexity index is 1010. The maximum absolute atomic E-state index is 12.4. The van der Waals surface area contributed by atoms with E-state index in [9.17, 15) is 10.1 Å². The number of aromatic nitrogens is 1. The summed E-state index contributed by atoms with van der Waals surface area (Å²) in [6.45, 7) is 2.03. The van der Waals surface area contributed by atoms with Crippen LogP contribution in [0.5, 0.6) is 0 Å². The van der Waals surface area contributed by atoms with Crippen LogP contribution in [0.25, 0.3) is 5.69 Å². The number of rotatable bonds is 3. The third-order valence-corrected chi connectivity index (χ3v) is 7.66. The predicted octanol–water partition coefficient (Wildman–Crippen LogP) is 4.49. The zero-order chi connectivity index (χ0) is 20.3. The first-order valence-electron chi connectivity index (χ1n) is 10.5. The van der Waals surface area contributed by atoms with Gasteiger partial charge in [0.2, 0.25) is 0 Å². The van der Waals surface area contributed by atoms with E-state index in [0.717, 1.165) is 29.0 Å². The number of anilines is 1. The predicted molar refractivity (Wildman–Crippen MR) is 111 cm³/mol. The molecular weight excluding hydrogens is 362 g/mol. The van der Waals surface area contributed by atoms with Crippen LogP contribution in [-0.4, -0.2) is 17.6 Å². The first-order chi connectivity index (χ1) is 13.9. The SMILES string of the molecule is COC(=O)c1c(N)c(C#N)cn1-c1cc(C23CC4CC(CC(C4)C2)C3)ccc1C. The van der Waals surface area contributed by atoms with Crippen LogP contribution in [-0.2, 0) is 10.2 Å². The van der Waals surface area contributed by atoms with Crippen LogP contribution in [0.15, 0.2) is 24.4 Å². The first-order valence-corrected chi connectivity index (χ1v) is 10.5. The molecule has 4 fully saturated rings. The molecule has 0 amide bonds. The molecule has 0 atom stereocenters. The molecule has 0 spiro atoms. The summed E-state index contributed by atoms with van der Waals surface area (Å²) in [5, 5.41) is 9.44. The molecule has 4 aliphatic carbocycles. The molecule has 4 bridgehead atoms. The topological polar surface area (TPSA) is 81.0 Å². The minimum Gasteiger partial charge on any atom is -0.464 e. The lowest BCUT2D eigenvalue weighted by molar-refractivity contribution is -0.00519. The number of carbonyl (C=O) groups excluding carboxylic acids is 1. The summed E-state index contributed by atoms with van der Waals surface area (Å²) in [6.07, 6.45) is 9.72. The molecule has 0 saturated heterocycles. The van der Waals surface area contributed by atoms with Gasteiger partial charge >= 0.3 is 5.97 Å². The van der Waals surface area contributed by atoms with E-state index in [2.05, 4.69) is 24.3 Å². The van der Waals surface area contributed by atoms with E-state index in [1.807, 2.05) is 6.92 Å². The van der Waals surface area contributed by atoms with Gasteiger partial charge in [-0.2, -0.15) is 5.26 Å². The highest BCUT2D eigenvalue weighted by Gasteiger charge is 2.51. The van der Waals surface area contributed by atoms with Crippen LogP contribution in [0, 0.1) is 36.0 Å². The highest BCUT2D eigenvalue weighted by molar-refractivity contribution is 5.96. The van der Waals surface area contributed by atoms with Gasteiger partial charge in [0.05, 0.1) is 18.4 Å². The Morgan fingerprint density at radius 3 is 2.38 bits per heavy atom. The number of hydrogen-bond acceptors (Lipinski definition) is 4. The van der Waals surface area contributed by atoms with E-state index in [1.54, 1.807) is 10.8 Å². The monoisotopic (exact) mass is 389 g/mol. The summed E-state index contributed by atoms with van der Waals surface area (Å²) in [5.74, 6) is 2.07. The maximum atomic E-state index is 12.4. The van der Waals surface area contributed by atoms with Crippen molar-refractivity contribution in [1.29, 1.82) is 5.26 Å². The Hall–Kier alpha value is -2.74. The van der Waals surface area contributed by atoms with Crippen LogP contribution < -0.4 is 5.73 Å². The highest BCUT2D eigenvalue weighted by Crippen LogP contribution is 2.60. The van der Waals surface area contributed by atoms with Crippen molar-refractivity contribution in [3.8, 4) is 11.8 Å². The molecule has 150 valence electrons. The zero-order valence-electron chi connectivity index (χ0n) is 17.1. The number of nitrogen functional groups attached to an aromatic ring is 1. The third kappa shape index (κ3) is 2.69. The molecule has 4 saturated carbocycles. The highest BCUT2D eigenvalue weighted by atomic mass is 16.5. The molecule has 1 aromatic carbocycles. The fraction of sp³-hybridized carbons (Fsp3) is 0.500. The fourth-order valence-corrected chi connectivity index (χ4v) is 6.77. The second-order valence-electron chi connectivity index (χ2n) is 9.48. The van der Waals surface area contributed by atoms with Gasteiger partial charge < -0.3 is 15.0 Å².